The smallest absolute Gasteiger partial charge is 0.341 e. The second-order valence-electron chi connectivity index (χ2n) is 4.89. The maximum atomic E-state index is 12.3. The van der Waals surface area contributed by atoms with Gasteiger partial charge < -0.3 is 14.5 Å². The zero-order valence-corrected chi connectivity index (χ0v) is 13.5. The Morgan fingerprint density at radius 2 is 2.00 bits per heavy atom. The Bertz CT molecular complexity index is 878. The minimum absolute atomic E-state index is 0.203. The Morgan fingerprint density at radius 3 is 2.70 bits per heavy atom. The molecule has 0 fully saturated rings. The number of furan rings is 1. The third-order valence-electron chi connectivity index (χ3n) is 3.27. The van der Waals surface area contributed by atoms with Gasteiger partial charge in [-0.05, 0) is 32.0 Å². The number of anilines is 1. The van der Waals surface area contributed by atoms with Crippen LogP contribution in [0.4, 0.5) is 5.00 Å². The molecule has 0 radical (unpaired) electrons. The number of hydrogen-bond donors (Lipinski definition) is 1. The van der Waals surface area contributed by atoms with Crippen LogP contribution in [0.25, 0.3) is 10.1 Å². The first kappa shape index (κ1) is 15.3. The lowest BCUT2D eigenvalue weighted by atomic mass is 10.1. The third-order valence-corrected chi connectivity index (χ3v) is 4.35. The van der Waals surface area contributed by atoms with Crippen LogP contribution < -0.4 is 5.32 Å². The molecule has 118 valence electrons. The van der Waals surface area contributed by atoms with E-state index in [4.69, 9.17) is 9.15 Å². The van der Waals surface area contributed by atoms with Gasteiger partial charge in [-0.15, -0.1) is 11.3 Å². The summed E-state index contributed by atoms with van der Waals surface area (Å²) >= 11 is 1.33. The van der Waals surface area contributed by atoms with Gasteiger partial charge in [0, 0.05) is 10.1 Å². The Hall–Kier alpha value is -2.60. The minimum Gasteiger partial charge on any atom is -0.462 e. The molecule has 0 spiro atoms. The topological polar surface area (TPSA) is 68.5 Å². The molecule has 3 aromatic rings. The van der Waals surface area contributed by atoms with Crippen LogP contribution in [0.2, 0.25) is 0 Å². The Kier molecular flexibility index (Phi) is 4.16. The highest BCUT2D eigenvalue weighted by molar-refractivity contribution is 7.23. The molecular formula is C17H15NO4S. The van der Waals surface area contributed by atoms with Crippen molar-refractivity contribution in [3.63, 3.8) is 0 Å². The van der Waals surface area contributed by atoms with Crippen LogP contribution in [0.5, 0.6) is 0 Å². The van der Waals surface area contributed by atoms with E-state index in [1.54, 1.807) is 26.0 Å². The summed E-state index contributed by atoms with van der Waals surface area (Å²) < 4.78 is 11.3. The van der Waals surface area contributed by atoms with E-state index >= 15 is 0 Å². The molecule has 5 nitrogen and oxygen atoms in total. The number of nitrogens with one attached hydrogen (secondary N) is 1. The fourth-order valence-electron chi connectivity index (χ4n) is 2.26. The van der Waals surface area contributed by atoms with E-state index in [-0.39, 0.29) is 12.4 Å². The number of esters is 1. The van der Waals surface area contributed by atoms with Gasteiger partial charge in [0.15, 0.2) is 5.76 Å². The molecule has 0 aliphatic heterocycles. The van der Waals surface area contributed by atoms with Crippen molar-refractivity contribution in [2.75, 3.05) is 11.9 Å². The van der Waals surface area contributed by atoms with Crippen LogP contribution in [-0.4, -0.2) is 18.5 Å². The van der Waals surface area contributed by atoms with E-state index in [9.17, 15) is 9.59 Å². The molecule has 2 aromatic heterocycles. The number of benzene rings is 1. The van der Waals surface area contributed by atoms with Crippen molar-refractivity contribution < 1.29 is 18.7 Å². The zero-order chi connectivity index (χ0) is 16.4. The lowest BCUT2D eigenvalue weighted by Crippen LogP contribution is -2.13. The average Bonchev–Trinajstić information content (AvgIpc) is 3.10. The molecule has 1 N–H and O–H groups in total. The lowest BCUT2D eigenvalue weighted by Gasteiger charge is -2.05. The summed E-state index contributed by atoms with van der Waals surface area (Å²) in [6.45, 7) is 3.78. The first-order chi connectivity index (χ1) is 11.1. The number of hydrogen-bond acceptors (Lipinski definition) is 5. The van der Waals surface area contributed by atoms with Gasteiger partial charge in [0.2, 0.25) is 0 Å². The van der Waals surface area contributed by atoms with Crippen LogP contribution in [0.3, 0.4) is 0 Å². The molecule has 0 bridgehead atoms. The fourth-order valence-corrected chi connectivity index (χ4v) is 3.35. The quantitative estimate of drug-likeness (QED) is 0.727. The molecule has 3 rings (SSSR count). The summed E-state index contributed by atoms with van der Waals surface area (Å²) in [7, 11) is 0. The van der Waals surface area contributed by atoms with Crippen molar-refractivity contribution in [2.24, 2.45) is 0 Å². The molecule has 23 heavy (non-hydrogen) atoms. The van der Waals surface area contributed by atoms with Gasteiger partial charge in [-0.1, -0.05) is 18.2 Å². The van der Waals surface area contributed by atoms with Crippen molar-refractivity contribution in [1.29, 1.82) is 0 Å². The van der Waals surface area contributed by atoms with Crippen molar-refractivity contribution in [3.8, 4) is 0 Å². The molecule has 0 aliphatic rings. The normalized spacial score (nSPS) is 10.7. The van der Waals surface area contributed by atoms with Gasteiger partial charge in [0.25, 0.3) is 5.91 Å². The van der Waals surface area contributed by atoms with E-state index in [1.165, 1.54) is 11.3 Å². The molecule has 0 saturated carbocycles. The van der Waals surface area contributed by atoms with Gasteiger partial charge >= 0.3 is 5.97 Å². The Balaban J connectivity index is 2.00. The standard InChI is InChI=1S/C17H15NO4S/c1-3-21-17(20)14-11-6-4-5-7-13(11)23-16(14)18-15(19)12-9-8-10(2)22-12/h4-9H,3H2,1-2H3,(H,18,19). The number of carbonyl (C=O) groups excluding carboxylic acids is 2. The summed E-state index contributed by atoms with van der Waals surface area (Å²) in [5.41, 5.74) is 0.379. The number of rotatable bonds is 4. The predicted octanol–water partition coefficient (Wildman–Crippen LogP) is 4.23. The SMILES string of the molecule is CCOC(=O)c1c(NC(=O)c2ccc(C)o2)sc2ccccc12. The molecule has 0 aliphatic carbocycles. The van der Waals surface area contributed by atoms with Crippen molar-refractivity contribution >= 4 is 38.3 Å². The molecule has 1 aromatic carbocycles. The fraction of sp³-hybridized carbons (Fsp3) is 0.176. The zero-order valence-electron chi connectivity index (χ0n) is 12.7. The summed E-state index contributed by atoms with van der Waals surface area (Å²) in [4.78, 5) is 24.6. The summed E-state index contributed by atoms with van der Waals surface area (Å²) in [5.74, 6) is 0.0120. The molecule has 0 atom stereocenters. The summed E-state index contributed by atoms with van der Waals surface area (Å²) in [5, 5.41) is 3.98. The van der Waals surface area contributed by atoms with E-state index in [0.29, 0.717) is 16.3 Å². The van der Waals surface area contributed by atoms with E-state index < -0.39 is 11.9 Å². The molecule has 1 amide bonds. The number of ether oxygens (including phenoxy) is 1. The second kappa shape index (κ2) is 6.26. The highest BCUT2D eigenvalue weighted by Crippen LogP contribution is 2.36. The average molecular weight is 329 g/mol. The maximum absolute atomic E-state index is 12.3. The monoisotopic (exact) mass is 329 g/mol. The Labute approximate surface area is 136 Å². The van der Waals surface area contributed by atoms with E-state index in [2.05, 4.69) is 5.32 Å². The largest absolute Gasteiger partial charge is 0.462 e. The number of aryl methyl sites for hydroxylation is 1. The van der Waals surface area contributed by atoms with Crippen LogP contribution in [0, 0.1) is 6.92 Å². The van der Waals surface area contributed by atoms with E-state index in [1.807, 2.05) is 24.3 Å². The van der Waals surface area contributed by atoms with Crippen LogP contribution >= 0.6 is 11.3 Å². The van der Waals surface area contributed by atoms with E-state index in [0.717, 1.165) is 10.1 Å². The Morgan fingerprint density at radius 1 is 1.22 bits per heavy atom. The van der Waals surface area contributed by atoms with Gasteiger partial charge in [-0.25, -0.2) is 4.79 Å². The number of carbonyl (C=O) groups is 2. The maximum Gasteiger partial charge on any atom is 0.341 e. The second-order valence-corrected chi connectivity index (χ2v) is 5.94. The number of thiophene rings is 1. The summed E-state index contributed by atoms with van der Waals surface area (Å²) in [6.07, 6.45) is 0. The number of fused-ring (bicyclic) bond motifs is 1. The van der Waals surface area contributed by atoms with Crippen molar-refractivity contribution in [1.82, 2.24) is 0 Å². The molecular weight excluding hydrogens is 314 g/mol. The van der Waals surface area contributed by atoms with Crippen molar-refractivity contribution in [2.45, 2.75) is 13.8 Å². The van der Waals surface area contributed by atoms with Crippen LogP contribution in [-0.2, 0) is 4.74 Å². The predicted molar refractivity (Wildman–Crippen MR) is 89.2 cm³/mol. The van der Waals surface area contributed by atoms with Crippen molar-refractivity contribution in [3.05, 3.63) is 53.5 Å². The van der Waals surface area contributed by atoms with Crippen LogP contribution in [0.15, 0.2) is 40.8 Å². The number of amides is 1. The third kappa shape index (κ3) is 2.98. The highest BCUT2D eigenvalue weighted by Gasteiger charge is 2.22. The lowest BCUT2D eigenvalue weighted by molar-refractivity contribution is 0.0530. The minimum atomic E-state index is -0.448. The molecule has 2 heterocycles. The van der Waals surface area contributed by atoms with Gasteiger partial charge in [-0.2, -0.15) is 0 Å². The van der Waals surface area contributed by atoms with Gasteiger partial charge in [0.05, 0.1) is 6.61 Å². The molecule has 0 saturated heterocycles. The first-order valence-electron chi connectivity index (χ1n) is 7.16. The van der Waals surface area contributed by atoms with Gasteiger partial charge in [-0.3, -0.25) is 4.79 Å². The molecule has 6 heteroatoms. The molecule has 0 unspecified atom stereocenters. The van der Waals surface area contributed by atoms with Crippen LogP contribution in [0.1, 0.15) is 33.6 Å². The highest BCUT2D eigenvalue weighted by atomic mass is 32.1. The summed E-state index contributed by atoms with van der Waals surface area (Å²) in [6, 6.07) is 10.8. The first-order valence-corrected chi connectivity index (χ1v) is 7.98. The van der Waals surface area contributed by atoms with Gasteiger partial charge in [0.1, 0.15) is 16.3 Å².